The van der Waals surface area contributed by atoms with Crippen LogP contribution < -0.4 is 5.32 Å². The second kappa shape index (κ2) is 9.16. The summed E-state index contributed by atoms with van der Waals surface area (Å²) in [4.78, 5) is 0. The van der Waals surface area contributed by atoms with E-state index in [0.717, 1.165) is 11.8 Å². The van der Waals surface area contributed by atoms with E-state index >= 15 is 0 Å². The van der Waals surface area contributed by atoms with Crippen molar-refractivity contribution in [3.63, 3.8) is 0 Å². The lowest BCUT2D eigenvalue weighted by Gasteiger charge is -2.17. The Bertz CT molecular complexity index is 189. The zero-order valence-corrected chi connectivity index (χ0v) is 11.7. The van der Waals surface area contributed by atoms with Gasteiger partial charge in [0, 0.05) is 25.4 Å². The number of aliphatic hydroxyl groups excluding tert-OH is 1. The second-order valence-electron chi connectivity index (χ2n) is 4.55. The summed E-state index contributed by atoms with van der Waals surface area (Å²) in [6.07, 6.45) is 2.24. The average Bonchev–Trinajstić information content (AvgIpc) is 2.80. The number of rotatable bonds is 9. The molecule has 0 aromatic heterocycles. The van der Waals surface area contributed by atoms with Crippen LogP contribution >= 0.6 is 11.8 Å². The minimum Gasteiger partial charge on any atom is -0.389 e. The van der Waals surface area contributed by atoms with Crippen molar-refractivity contribution in [1.82, 2.24) is 5.32 Å². The number of methoxy groups -OCH3 is 1. The van der Waals surface area contributed by atoms with Crippen LogP contribution in [0.15, 0.2) is 0 Å². The first-order valence-electron chi connectivity index (χ1n) is 6.33. The van der Waals surface area contributed by atoms with Crippen LogP contribution in [0.5, 0.6) is 0 Å². The number of aliphatic hydroxyl groups is 1. The van der Waals surface area contributed by atoms with Crippen LogP contribution in [0.2, 0.25) is 0 Å². The van der Waals surface area contributed by atoms with Crippen LogP contribution in [0.1, 0.15) is 19.8 Å². The molecule has 1 heterocycles. The fourth-order valence-electron chi connectivity index (χ4n) is 1.83. The lowest BCUT2D eigenvalue weighted by molar-refractivity contribution is -0.0310. The van der Waals surface area contributed by atoms with Crippen molar-refractivity contribution >= 4 is 11.8 Å². The molecule has 0 amide bonds. The maximum atomic E-state index is 9.71. The molecule has 0 bridgehead atoms. The predicted octanol–water partition coefficient (Wildman–Crippen LogP) is 0.884. The molecule has 2 N–H and O–H groups in total. The number of hydrogen-bond donors (Lipinski definition) is 2. The van der Waals surface area contributed by atoms with E-state index in [1.165, 1.54) is 18.6 Å². The number of ether oxygens (including phenoxy) is 2. The summed E-state index contributed by atoms with van der Waals surface area (Å²) >= 11 is 2.03. The van der Waals surface area contributed by atoms with Gasteiger partial charge >= 0.3 is 0 Å². The lowest BCUT2D eigenvalue weighted by Crippen LogP contribution is -2.35. The Morgan fingerprint density at radius 1 is 1.47 bits per heavy atom. The molecule has 3 unspecified atom stereocenters. The first-order chi connectivity index (χ1) is 8.22. The molecule has 4 nitrogen and oxygen atoms in total. The topological polar surface area (TPSA) is 50.7 Å². The van der Waals surface area contributed by atoms with E-state index in [9.17, 15) is 5.11 Å². The van der Waals surface area contributed by atoms with Crippen LogP contribution in [-0.2, 0) is 9.47 Å². The van der Waals surface area contributed by atoms with Gasteiger partial charge in [0.25, 0.3) is 0 Å². The van der Waals surface area contributed by atoms with Crippen molar-refractivity contribution in [2.75, 3.05) is 39.2 Å². The van der Waals surface area contributed by atoms with Gasteiger partial charge < -0.3 is 19.9 Å². The van der Waals surface area contributed by atoms with Gasteiger partial charge in [-0.3, -0.25) is 0 Å². The highest BCUT2D eigenvalue weighted by Crippen LogP contribution is 2.25. The first-order valence-corrected chi connectivity index (χ1v) is 7.38. The molecule has 17 heavy (non-hydrogen) atoms. The highest BCUT2D eigenvalue weighted by molar-refractivity contribution is 8.00. The minimum absolute atomic E-state index is 0.0417. The van der Waals surface area contributed by atoms with E-state index in [-0.39, 0.29) is 6.10 Å². The third-order valence-corrected chi connectivity index (χ3v) is 4.15. The maximum absolute atomic E-state index is 9.71. The van der Waals surface area contributed by atoms with E-state index in [2.05, 4.69) is 5.32 Å². The Morgan fingerprint density at radius 2 is 2.29 bits per heavy atom. The van der Waals surface area contributed by atoms with Crippen LogP contribution in [0.3, 0.4) is 0 Å². The van der Waals surface area contributed by atoms with Crippen molar-refractivity contribution in [2.45, 2.75) is 37.2 Å². The van der Waals surface area contributed by atoms with E-state index in [0.29, 0.717) is 19.8 Å². The zero-order valence-electron chi connectivity index (χ0n) is 10.9. The molecular formula is C12H25NO3S. The Morgan fingerprint density at radius 3 is 2.94 bits per heavy atom. The lowest BCUT2D eigenvalue weighted by atomic mass is 10.2. The molecule has 1 aliphatic rings. The van der Waals surface area contributed by atoms with Gasteiger partial charge in [0.15, 0.2) is 0 Å². The van der Waals surface area contributed by atoms with Gasteiger partial charge in [-0.05, 0) is 25.5 Å². The van der Waals surface area contributed by atoms with Crippen molar-refractivity contribution in [3.8, 4) is 0 Å². The predicted molar refractivity (Wildman–Crippen MR) is 71.6 cm³/mol. The van der Waals surface area contributed by atoms with Crippen molar-refractivity contribution in [3.05, 3.63) is 0 Å². The van der Waals surface area contributed by atoms with Gasteiger partial charge in [-0.15, -0.1) is 0 Å². The third-order valence-electron chi connectivity index (χ3n) is 2.75. The van der Waals surface area contributed by atoms with Gasteiger partial charge in [0.1, 0.15) is 0 Å². The Kier molecular flexibility index (Phi) is 8.22. The van der Waals surface area contributed by atoms with Gasteiger partial charge in [-0.1, -0.05) is 0 Å². The molecule has 3 atom stereocenters. The molecule has 0 radical (unpaired) electrons. The quantitative estimate of drug-likeness (QED) is 0.647. The highest BCUT2D eigenvalue weighted by Gasteiger charge is 2.15. The van der Waals surface area contributed by atoms with Crippen LogP contribution in [-0.4, -0.2) is 61.7 Å². The summed E-state index contributed by atoms with van der Waals surface area (Å²) in [5.74, 6) is 1.28. The SMILES string of the molecule is COCC(C)OCC(O)CNCC1CCCS1. The molecule has 0 aromatic rings. The normalized spacial score (nSPS) is 23.8. The first kappa shape index (κ1) is 15.2. The van der Waals surface area contributed by atoms with E-state index in [1.54, 1.807) is 7.11 Å². The van der Waals surface area contributed by atoms with Crippen molar-refractivity contribution in [1.29, 1.82) is 0 Å². The fourth-order valence-corrected chi connectivity index (χ4v) is 3.07. The smallest absolute Gasteiger partial charge is 0.0897 e. The van der Waals surface area contributed by atoms with Gasteiger partial charge in [-0.2, -0.15) is 11.8 Å². The van der Waals surface area contributed by atoms with Crippen molar-refractivity contribution in [2.24, 2.45) is 0 Å². The molecule has 0 aromatic carbocycles. The number of hydrogen-bond acceptors (Lipinski definition) is 5. The molecule has 102 valence electrons. The fraction of sp³-hybridized carbons (Fsp3) is 1.00. The highest BCUT2D eigenvalue weighted by atomic mass is 32.2. The zero-order chi connectivity index (χ0) is 12.5. The Balaban J connectivity index is 1.94. The van der Waals surface area contributed by atoms with Gasteiger partial charge in [0.05, 0.1) is 25.4 Å². The van der Waals surface area contributed by atoms with E-state index in [1.807, 2.05) is 18.7 Å². The third kappa shape index (κ3) is 7.26. The monoisotopic (exact) mass is 263 g/mol. The Hall–Kier alpha value is 0.190. The average molecular weight is 263 g/mol. The number of thioether (sulfide) groups is 1. The molecule has 0 saturated carbocycles. The summed E-state index contributed by atoms with van der Waals surface area (Å²) in [6.45, 7) is 4.49. The van der Waals surface area contributed by atoms with Gasteiger partial charge in [0.2, 0.25) is 0 Å². The minimum atomic E-state index is -0.430. The molecule has 0 aliphatic carbocycles. The largest absolute Gasteiger partial charge is 0.389 e. The number of nitrogens with one attached hydrogen (secondary N) is 1. The summed E-state index contributed by atoms with van der Waals surface area (Å²) in [7, 11) is 1.65. The van der Waals surface area contributed by atoms with E-state index in [4.69, 9.17) is 9.47 Å². The maximum Gasteiger partial charge on any atom is 0.0897 e. The van der Waals surface area contributed by atoms with Gasteiger partial charge in [-0.25, -0.2) is 0 Å². The summed E-state index contributed by atoms with van der Waals surface area (Å²) in [6, 6.07) is 0. The molecule has 1 rings (SSSR count). The second-order valence-corrected chi connectivity index (χ2v) is 5.95. The summed E-state index contributed by atoms with van der Waals surface area (Å²) in [5, 5.41) is 13.7. The summed E-state index contributed by atoms with van der Waals surface area (Å²) in [5.41, 5.74) is 0. The molecule has 1 fully saturated rings. The Labute approximate surface area is 108 Å². The van der Waals surface area contributed by atoms with E-state index < -0.39 is 6.10 Å². The molecular weight excluding hydrogens is 238 g/mol. The van der Waals surface area contributed by atoms with Crippen LogP contribution in [0.4, 0.5) is 0 Å². The van der Waals surface area contributed by atoms with Crippen LogP contribution in [0.25, 0.3) is 0 Å². The molecule has 1 saturated heterocycles. The standard InChI is InChI=1S/C12H25NO3S/c1-10(8-15-2)16-9-11(14)6-13-7-12-4-3-5-17-12/h10-14H,3-9H2,1-2H3. The molecule has 0 spiro atoms. The van der Waals surface area contributed by atoms with Crippen molar-refractivity contribution < 1.29 is 14.6 Å². The molecule has 1 aliphatic heterocycles. The summed E-state index contributed by atoms with van der Waals surface area (Å²) < 4.78 is 10.4. The van der Waals surface area contributed by atoms with Crippen LogP contribution in [0, 0.1) is 0 Å². The molecule has 5 heteroatoms.